The van der Waals surface area contributed by atoms with Crippen molar-refractivity contribution in [1.29, 1.82) is 0 Å². The van der Waals surface area contributed by atoms with E-state index in [0.29, 0.717) is 32.6 Å². The third-order valence-corrected chi connectivity index (χ3v) is 3.50. The van der Waals surface area contributed by atoms with Gasteiger partial charge in [0.15, 0.2) is 0 Å². The summed E-state index contributed by atoms with van der Waals surface area (Å²) in [5.74, 6) is -0.318. The van der Waals surface area contributed by atoms with Gasteiger partial charge in [-0.2, -0.15) is 5.10 Å². The number of carbonyl (C=O) groups excluding carboxylic acids is 2. The van der Waals surface area contributed by atoms with Gasteiger partial charge in [0.05, 0.1) is 5.71 Å². The zero-order valence-electron chi connectivity index (χ0n) is 13.5. The lowest BCUT2D eigenvalue weighted by atomic mass is 10.0. The summed E-state index contributed by atoms with van der Waals surface area (Å²) in [4.78, 5) is 23.9. The fraction of sp³-hybridized carbons (Fsp3) is 0.471. The van der Waals surface area contributed by atoms with E-state index in [1.165, 1.54) is 5.01 Å². The Bertz CT molecular complexity index is 557. The Kier molecular flexibility index (Phi) is 6.75. The van der Waals surface area contributed by atoms with Crippen LogP contribution < -0.4 is 5.32 Å². The predicted molar refractivity (Wildman–Crippen MR) is 88.0 cm³/mol. The molecule has 0 saturated heterocycles. The summed E-state index contributed by atoms with van der Waals surface area (Å²) in [6, 6.07) is 9.72. The van der Waals surface area contributed by atoms with E-state index in [1.54, 1.807) is 0 Å². The molecule has 1 N–H and O–H groups in total. The van der Waals surface area contributed by atoms with Gasteiger partial charge in [0.1, 0.15) is 6.54 Å². The second-order valence-corrected chi connectivity index (χ2v) is 5.26. The number of nitrogens with one attached hydrogen (secondary N) is 1. The minimum Gasteiger partial charge on any atom is -0.382 e. The van der Waals surface area contributed by atoms with Crippen LogP contribution in [0.3, 0.4) is 0 Å². The normalized spacial score (nSPS) is 14.6. The van der Waals surface area contributed by atoms with E-state index in [4.69, 9.17) is 4.74 Å². The molecule has 0 fully saturated rings. The van der Waals surface area contributed by atoms with Crippen molar-refractivity contribution in [3.8, 4) is 0 Å². The van der Waals surface area contributed by atoms with E-state index in [0.717, 1.165) is 17.7 Å². The van der Waals surface area contributed by atoms with Gasteiger partial charge in [-0.05, 0) is 18.9 Å². The first-order chi connectivity index (χ1) is 11.2. The van der Waals surface area contributed by atoms with Crippen LogP contribution >= 0.6 is 0 Å². The quantitative estimate of drug-likeness (QED) is 0.740. The number of rotatable bonds is 8. The summed E-state index contributed by atoms with van der Waals surface area (Å²) in [7, 11) is 0. The van der Waals surface area contributed by atoms with E-state index < -0.39 is 0 Å². The van der Waals surface area contributed by atoms with Gasteiger partial charge in [-0.1, -0.05) is 30.3 Å². The first-order valence-electron chi connectivity index (χ1n) is 7.98. The lowest BCUT2D eigenvalue weighted by molar-refractivity contribution is -0.136. The zero-order valence-corrected chi connectivity index (χ0v) is 13.5. The van der Waals surface area contributed by atoms with Crippen LogP contribution in [0.2, 0.25) is 0 Å². The molecule has 1 aromatic carbocycles. The summed E-state index contributed by atoms with van der Waals surface area (Å²) in [5.41, 5.74) is 1.83. The smallest absolute Gasteiger partial charge is 0.243 e. The van der Waals surface area contributed by atoms with Crippen molar-refractivity contribution < 1.29 is 14.3 Å². The molecule has 0 spiro atoms. The number of nitrogens with zero attached hydrogens (tertiary/aromatic N) is 2. The molecule has 2 rings (SSSR count). The van der Waals surface area contributed by atoms with Gasteiger partial charge in [0.25, 0.3) is 0 Å². The Morgan fingerprint density at radius 3 is 2.83 bits per heavy atom. The van der Waals surface area contributed by atoms with Crippen LogP contribution in [-0.2, 0) is 14.3 Å². The van der Waals surface area contributed by atoms with Crippen LogP contribution in [0.5, 0.6) is 0 Å². The Hall–Kier alpha value is -2.21. The molecule has 0 bridgehead atoms. The van der Waals surface area contributed by atoms with Gasteiger partial charge < -0.3 is 10.1 Å². The molecular weight excluding hydrogens is 294 g/mol. The Morgan fingerprint density at radius 1 is 1.30 bits per heavy atom. The molecule has 0 radical (unpaired) electrons. The maximum Gasteiger partial charge on any atom is 0.243 e. The minimum absolute atomic E-state index is 0.0379. The highest BCUT2D eigenvalue weighted by molar-refractivity contribution is 6.04. The highest BCUT2D eigenvalue weighted by atomic mass is 16.5. The number of hydrazone groups is 1. The maximum absolute atomic E-state index is 11.9. The molecule has 1 aromatic rings. The summed E-state index contributed by atoms with van der Waals surface area (Å²) in [5, 5.41) is 8.40. The number of carbonyl (C=O) groups is 2. The lowest BCUT2D eigenvalue weighted by Crippen LogP contribution is -2.40. The fourth-order valence-electron chi connectivity index (χ4n) is 2.30. The molecule has 124 valence electrons. The third kappa shape index (κ3) is 5.49. The number of benzene rings is 1. The van der Waals surface area contributed by atoms with Crippen molar-refractivity contribution in [1.82, 2.24) is 10.3 Å². The molecule has 0 atom stereocenters. The average molecular weight is 317 g/mol. The molecule has 1 heterocycles. The predicted octanol–water partition coefficient (Wildman–Crippen LogP) is 1.56. The molecule has 0 unspecified atom stereocenters. The summed E-state index contributed by atoms with van der Waals surface area (Å²) >= 11 is 0. The standard InChI is InChI=1S/C17H23N3O3/c1-2-23-12-6-11-18-16(21)13-20-17(22)10-9-15(19-20)14-7-4-3-5-8-14/h3-5,7-8H,2,6,9-13H2,1H3,(H,18,21). The van der Waals surface area contributed by atoms with Gasteiger partial charge in [-0.15, -0.1) is 0 Å². The summed E-state index contributed by atoms with van der Waals surface area (Å²) in [6.07, 6.45) is 1.74. The van der Waals surface area contributed by atoms with Gasteiger partial charge in [-0.25, -0.2) is 5.01 Å². The van der Waals surface area contributed by atoms with E-state index in [9.17, 15) is 9.59 Å². The topological polar surface area (TPSA) is 71.0 Å². The third-order valence-electron chi connectivity index (χ3n) is 3.50. The molecule has 0 aliphatic carbocycles. The maximum atomic E-state index is 11.9. The molecular formula is C17H23N3O3. The highest BCUT2D eigenvalue weighted by Crippen LogP contribution is 2.14. The van der Waals surface area contributed by atoms with Crippen LogP contribution in [0.15, 0.2) is 35.4 Å². The van der Waals surface area contributed by atoms with Crippen molar-refractivity contribution in [2.75, 3.05) is 26.3 Å². The highest BCUT2D eigenvalue weighted by Gasteiger charge is 2.23. The first-order valence-corrected chi connectivity index (χ1v) is 7.98. The Balaban J connectivity index is 1.87. The van der Waals surface area contributed by atoms with E-state index in [2.05, 4.69) is 10.4 Å². The molecule has 0 saturated carbocycles. The number of ether oxygens (including phenoxy) is 1. The van der Waals surface area contributed by atoms with Crippen LogP contribution in [0.25, 0.3) is 0 Å². The van der Waals surface area contributed by atoms with Crippen LogP contribution in [0.4, 0.5) is 0 Å². The minimum atomic E-state index is -0.201. The van der Waals surface area contributed by atoms with Crippen LogP contribution in [-0.4, -0.2) is 48.8 Å². The van der Waals surface area contributed by atoms with Crippen molar-refractivity contribution in [2.24, 2.45) is 5.10 Å². The van der Waals surface area contributed by atoms with Crippen molar-refractivity contribution >= 4 is 17.5 Å². The fourth-order valence-corrected chi connectivity index (χ4v) is 2.30. The molecule has 0 aromatic heterocycles. The monoisotopic (exact) mass is 317 g/mol. The average Bonchev–Trinajstić information content (AvgIpc) is 2.57. The van der Waals surface area contributed by atoms with E-state index in [1.807, 2.05) is 37.3 Å². The molecule has 6 heteroatoms. The number of hydrogen-bond donors (Lipinski definition) is 1. The largest absolute Gasteiger partial charge is 0.382 e. The molecule has 1 aliphatic heterocycles. The van der Waals surface area contributed by atoms with Crippen LogP contribution in [0.1, 0.15) is 31.7 Å². The number of hydrogen-bond acceptors (Lipinski definition) is 4. The summed E-state index contributed by atoms with van der Waals surface area (Å²) < 4.78 is 5.21. The summed E-state index contributed by atoms with van der Waals surface area (Å²) in [6.45, 7) is 3.73. The van der Waals surface area contributed by atoms with Crippen molar-refractivity contribution in [2.45, 2.75) is 26.2 Å². The van der Waals surface area contributed by atoms with Crippen LogP contribution in [0, 0.1) is 0 Å². The van der Waals surface area contributed by atoms with Gasteiger partial charge in [-0.3, -0.25) is 9.59 Å². The van der Waals surface area contributed by atoms with Gasteiger partial charge >= 0.3 is 0 Å². The zero-order chi connectivity index (χ0) is 16.5. The molecule has 2 amide bonds. The second-order valence-electron chi connectivity index (χ2n) is 5.26. The first kappa shape index (κ1) is 17.1. The Morgan fingerprint density at radius 2 is 2.09 bits per heavy atom. The molecule has 6 nitrogen and oxygen atoms in total. The van der Waals surface area contributed by atoms with E-state index >= 15 is 0 Å². The van der Waals surface area contributed by atoms with E-state index in [-0.39, 0.29) is 18.4 Å². The SMILES string of the molecule is CCOCCCNC(=O)CN1N=C(c2ccccc2)CCC1=O. The number of amides is 2. The second kappa shape index (κ2) is 9.05. The lowest BCUT2D eigenvalue weighted by Gasteiger charge is -2.23. The van der Waals surface area contributed by atoms with Crippen molar-refractivity contribution in [3.05, 3.63) is 35.9 Å². The Labute approximate surface area is 136 Å². The van der Waals surface area contributed by atoms with Crippen molar-refractivity contribution in [3.63, 3.8) is 0 Å². The molecule has 1 aliphatic rings. The van der Waals surface area contributed by atoms with Gasteiger partial charge in [0, 0.05) is 32.6 Å². The van der Waals surface area contributed by atoms with Gasteiger partial charge in [0.2, 0.25) is 11.8 Å². The molecule has 23 heavy (non-hydrogen) atoms.